The van der Waals surface area contributed by atoms with Gasteiger partial charge in [0.15, 0.2) is 5.78 Å². The zero-order valence-electron chi connectivity index (χ0n) is 22.9. The van der Waals surface area contributed by atoms with Crippen LogP contribution in [0.3, 0.4) is 0 Å². The van der Waals surface area contributed by atoms with Crippen LogP contribution in [-0.2, 0) is 4.79 Å². The standard InChI is InChI=1S/C32H27N5O5/c1-20-16-17-25(27(18-20)37(41)42)33-32(40)35-30-31(39)36(19-28(38)23-13-7-6-10-21(23)2)26-15-9-8-14-24(26)29(34-30)22-11-4-3-5-12-22/h3-18,30H,19H2,1-2H3,(H2,33,35,40)/t30-/m1/s1. The molecule has 5 rings (SSSR count). The molecular weight excluding hydrogens is 534 g/mol. The fourth-order valence-corrected chi connectivity index (χ4v) is 4.81. The van der Waals surface area contributed by atoms with Crippen molar-refractivity contribution < 1.29 is 19.3 Å². The largest absolute Gasteiger partial charge is 0.321 e. The average molecular weight is 562 g/mol. The highest BCUT2D eigenvalue weighted by molar-refractivity contribution is 6.21. The summed E-state index contributed by atoms with van der Waals surface area (Å²) >= 11 is 0. The first-order chi connectivity index (χ1) is 20.2. The van der Waals surface area contributed by atoms with Gasteiger partial charge in [0.1, 0.15) is 5.69 Å². The van der Waals surface area contributed by atoms with Gasteiger partial charge in [-0.2, -0.15) is 0 Å². The van der Waals surface area contributed by atoms with Crippen molar-refractivity contribution in [3.05, 3.63) is 135 Å². The summed E-state index contributed by atoms with van der Waals surface area (Å²) < 4.78 is 0. The number of rotatable bonds is 7. The van der Waals surface area contributed by atoms with E-state index in [1.807, 2.05) is 49.4 Å². The zero-order valence-corrected chi connectivity index (χ0v) is 22.9. The number of carbonyl (C=O) groups excluding carboxylic acids is 3. The Morgan fingerprint density at radius 2 is 1.62 bits per heavy atom. The van der Waals surface area contributed by atoms with Crippen LogP contribution in [0.15, 0.2) is 102 Å². The molecule has 4 aromatic rings. The lowest BCUT2D eigenvalue weighted by Gasteiger charge is -2.25. The van der Waals surface area contributed by atoms with Gasteiger partial charge in [-0.3, -0.25) is 19.7 Å². The molecule has 0 aromatic heterocycles. The van der Waals surface area contributed by atoms with Gasteiger partial charge in [0.05, 0.1) is 22.9 Å². The predicted molar refractivity (Wildman–Crippen MR) is 160 cm³/mol. The number of para-hydroxylation sites is 1. The minimum absolute atomic E-state index is 0.0358. The second-order valence-electron chi connectivity index (χ2n) is 9.80. The number of benzodiazepines with no additional fused rings is 1. The SMILES string of the molecule is Cc1ccc(NC(=O)N[C@H]2N=C(c3ccccc3)c3ccccc3N(CC(=O)c3ccccc3C)C2=O)c([N+](=O)[O-])c1. The van der Waals surface area contributed by atoms with Crippen LogP contribution in [-0.4, -0.2) is 41.1 Å². The Bertz CT molecular complexity index is 1730. The third-order valence-corrected chi connectivity index (χ3v) is 6.87. The Hall–Kier alpha value is -5.64. The highest BCUT2D eigenvalue weighted by Gasteiger charge is 2.34. The van der Waals surface area contributed by atoms with Crippen molar-refractivity contribution in [2.24, 2.45) is 4.99 Å². The molecule has 0 saturated heterocycles. The van der Waals surface area contributed by atoms with Gasteiger partial charge in [-0.25, -0.2) is 9.79 Å². The number of anilines is 2. The summed E-state index contributed by atoms with van der Waals surface area (Å²) in [4.78, 5) is 57.7. The lowest BCUT2D eigenvalue weighted by molar-refractivity contribution is -0.384. The van der Waals surface area contributed by atoms with E-state index >= 15 is 0 Å². The van der Waals surface area contributed by atoms with Crippen molar-refractivity contribution in [1.29, 1.82) is 0 Å². The molecule has 2 N–H and O–H groups in total. The van der Waals surface area contributed by atoms with Crippen molar-refractivity contribution >= 4 is 40.5 Å². The van der Waals surface area contributed by atoms with Crippen LogP contribution in [0.1, 0.15) is 32.6 Å². The number of nitrogens with zero attached hydrogens (tertiary/aromatic N) is 3. The number of carbonyl (C=O) groups is 3. The van der Waals surface area contributed by atoms with Crippen LogP contribution in [0.5, 0.6) is 0 Å². The summed E-state index contributed by atoms with van der Waals surface area (Å²) in [6.45, 7) is 3.23. The lowest BCUT2D eigenvalue weighted by Crippen LogP contribution is -2.50. The number of nitro groups is 1. The minimum atomic E-state index is -1.44. The van der Waals surface area contributed by atoms with Gasteiger partial charge < -0.3 is 15.5 Å². The molecule has 0 spiro atoms. The fourth-order valence-electron chi connectivity index (χ4n) is 4.81. The number of fused-ring (bicyclic) bond motifs is 1. The van der Waals surface area contributed by atoms with E-state index in [1.165, 1.54) is 17.0 Å². The van der Waals surface area contributed by atoms with E-state index < -0.39 is 23.0 Å². The Labute approximate surface area is 241 Å². The molecule has 1 aliphatic heterocycles. The number of aryl methyl sites for hydroxylation is 2. The Balaban J connectivity index is 1.54. The highest BCUT2D eigenvalue weighted by Crippen LogP contribution is 2.29. The Kier molecular flexibility index (Phi) is 7.87. The number of nitro benzene ring substituents is 1. The summed E-state index contributed by atoms with van der Waals surface area (Å²) in [5.41, 5.74) is 3.78. The molecule has 0 unspecified atom stereocenters. The fraction of sp³-hybridized carbons (Fsp3) is 0.125. The highest BCUT2D eigenvalue weighted by atomic mass is 16.6. The van der Waals surface area contributed by atoms with Gasteiger partial charge in [0.2, 0.25) is 6.17 Å². The average Bonchev–Trinajstić information content (AvgIpc) is 3.09. The Morgan fingerprint density at radius 3 is 2.36 bits per heavy atom. The molecule has 4 aromatic carbocycles. The van der Waals surface area contributed by atoms with E-state index in [-0.39, 0.29) is 23.7 Å². The van der Waals surface area contributed by atoms with Crippen LogP contribution in [0.2, 0.25) is 0 Å². The van der Waals surface area contributed by atoms with Crippen molar-refractivity contribution in [2.45, 2.75) is 20.0 Å². The molecule has 210 valence electrons. The van der Waals surface area contributed by atoms with Gasteiger partial charge in [0, 0.05) is 22.8 Å². The van der Waals surface area contributed by atoms with Crippen LogP contribution in [0.4, 0.5) is 21.9 Å². The summed E-state index contributed by atoms with van der Waals surface area (Å²) in [7, 11) is 0. The van der Waals surface area contributed by atoms with Crippen molar-refractivity contribution in [3.8, 4) is 0 Å². The second-order valence-corrected chi connectivity index (χ2v) is 9.80. The molecule has 10 nitrogen and oxygen atoms in total. The number of urea groups is 1. The molecule has 1 atom stereocenters. The monoisotopic (exact) mass is 561 g/mol. The minimum Gasteiger partial charge on any atom is -0.308 e. The molecule has 1 aliphatic rings. The molecule has 0 saturated carbocycles. The predicted octanol–water partition coefficient (Wildman–Crippen LogP) is 5.43. The first-order valence-corrected chi connectivity index (χ1v) is 13.2. The van der Waals surface area contributed by atoms with Crippen LogP contribution in [0.25, 0.3) is 0 Å². The summed E-state index contributed by atoms with van der Waals surface area (Å²) in [5.74, 6) is -0.915. The van der Waals surface area contributed by atoms with E-state index in [0.29, 0.717) is 33.7 Å². The van der Waals surface area contributed by atoms with Gasteiger partial charge in [-0.05, 0) is 37.1 Å². The van der Waals surface area contributed by atoms with Gasteiger partial charge in [-0.15, -0.1) is 0 Å². The van der Waals surface area contributed by atoms with E-state index in [4.69, 9.17) is 0 Å². The van der Waals surface area contributed by atoms with Crippen LogP contribution in [0, 0.1) is 24.0 Å². The first kappa shape index (κ1) is 27.9. The number of aliphatic imine (C=N–C) groups is 1. The smallest absolute Gasteiger partial charge is 0.308 e. The molecule has 0 aliphatic carbocycles. The van der Waals surface area contributed by atoms with E-state index in [1.54, 1.807) is 49.4 Å². The van der Waals surface area contributed by atoms with Gasteiger partial charge in [0.25, 0.3) is 11.6 Å². The number of nitrogens with one attached hydrogen (secondary N) is 2. The number of Topliss-reactive ketones (excluding diaryl/α,β-unsaturated/α-hetero) is 1. The van der Waals surface area contributed by atoms with Gasteiger partial charge >= 0.3 is 6.03 Å². The normalized spacial score (nSPS) is 14.3. The third-order valence-electron chi connectivity index (χ3n) is 6.87. The molecular formula is C32H27N5O5. The number of ketones is 1. The number of hydrogen-bond acceptors (Lipinski definition) is 6. The van der Waals surface area contributed by atoms with E-state index in [2.05, 4.69) is 15.6 Å². The van der Waals surface area contributed by atoms with E-state index in [0.717, 1.165) is 5.56 Å². The number of amides is 3. The van der Waals surface area contributed by atoms with Crippen LogP contribution >= 0.6 is 0 Å². The van der Waals surface area contributed by atoms with Crippen molar-refractivity contribution in [3.63, 3.8) is 0 Å². The second kappa shape index (κ2) is 11.8. The molecule has 0 bridgehead atoms. The Morgan fingerprint density at radius 1 is 0.929 bits per heavy atom. The van der Waals surface area contributed by atoms with Gasteiger partial charge in [-0.1, -0.05) is 78.9 Å². The lowest BCUT2D eigenvalue weighted by atomic mass is 9.99. The molecule has 10 heteroatoms. The molecule has 42 heavy (non-hydrogen) atoms. The quantitative estimate of drug-likeness (QED) is 0.176. The number of hydrogen-bond donors (Lipinski definition) is 2. The first-order valence-electron chi connectivity index (χ1n) is 13.2. The topological polar surface area (TPSA) is 134 Å². The maximum Gasteiger partial charge on any atom is 0.321 e. The molecule has 0 radical (unpaired) electrons. The zero-order chi connectivity index (χ0) is 29.8. The third kappa shape index (κ3) is 5.78. The summed E-state index contributed by atoms with van der Waals surface area (Å²) in [5, 5.41) is 16.6. The van der Waals surface area contributed by atoms with Crippen molar-refractivity contribution in [2.75, 3.05) is 16.8 Å². The maximum atomic E-state index is 14.1. The van der Waals surface area contributed by atoms with E-state index in [9.17, 15) is 24.5 Å². The van der Waals surface area contributed by atoms with Crippen molar-refractivity contribution in [1.82, 2.24) is 5.32 Å². The summed E-state index contributed by atoms with van der Waals surface area (Å²) in [6, 6.07) is 26.9. The summed E-state index contributed by atoms with van der Waals surface area (Å²) in [6.07, 6.45) is -1.44. The molecule has 1 heterocycles. The van der Waals surface area contributed by atoms with Crippen LogP contribution < -0.4 is 15.5 Å². The molecule has 0 fully saturated rings. The molecule has 3 amide bonds. The maximum absolute atomic E-state index is 14.1. The number of benzene rings is 4.